The van der Waals surface area contributed by atoms with Gasteiger partial charge in [-0.25, -0.2) is 8.42 Å². The van der Waals surface area contributed by atoms with Gasteiger partial charge in [-0.3, -0.25) is 13.9 Å². The molecule has 162 valence electrons. The van der Waals surface area contributed by atoms with Crippen molar-refractivity contribution in [2.75, 3.05) is 24.2 Å². The molecule has 2 rings (SSSR count). The predicted octanol–water partition coefficient (Wildman–Crippen LogP) is 2.31. The Bertz CT molecular complexity index is 977. The second-order valence-electron chi connectivity index (χ2n) is 7.15. The van der Waals surface area contributed by atoms with Crippen LogP contribution in [0.1, 0.15) is 24.5 Å². The number of amides is 2. The number of carbonyl (C=O) groups is 2. The highest BCUT2D eigenvalue weighted by molar-refractivity contribution is 7.92. The molecule has 2 amide bonds. The van der Waals surface area contributed by atoms with Crippen molar-refractivity contribution in [1.29, 1.82) is 0 Å². The van der Waals surface area contributed by atoms with Gasteiger partial charge in [-0.05, 0) is 31.0 Å². The van der Waals surface area contributed by atoms with Gasteiger partial charge < -0.3 is 10.2 Å². The Morgan fingerprint density at radius 1 is 1.07 bits per heavy atom. The van der Waals surface area contributed by atoms with Crippen LogP contribution in [0.25, 0.3) is 0 Å². The molecule has 0 fully saturated rings. The standard InChI is InChI=1S/C22H29N3O4S/c1-5-20(22(27)23-3)24(15-18-11-9-10-17(2)14-18)21(26)16-25(30(4,28)29)19-12-7-6-8-13-19/h6-14,20H,5,15-16H2,1-4H3,(H,23,27)/t20-/m1/s1. The molecule has 8 heteroatoms. The second-order valence-corrected chi connectivity index (χ2v) is 9.06. The Labute approximate surface area is 178 Å². The van der Waals surface area contributed by atoms with Gasteiger partial charge in [0, 0.05) is 13.6 Å². The third-order valence-electron chi connectivity index (χ3n) is 4.79. The summed E-state index contributed by atoms with van der Waals surface area (Å²) in [6.07, 6.45) is 1.47. The highest BCUT2D eigenvalue weighted by Gasteiger charge is 2.31. The Balaban J connectivity index is 2.40. The molecule has 0 aliphatic heterocycles. The van der Waals surface area contributed by atoms with Crippen LogP contribution in [0.4, 0.5) is 5.69 Å². The smallest absolute Gasteiger partial charge is 0.244 e. The number of carbonyl (C=O) groups excluding carboxylic acids is 2. The summed E-state index contributed by atoms with van der Waals surface area (Å²) in [5, 5.41) is 2.60. The van der Waals surface area contributed by atoms with E-state index in [2.05, 4.69) is 5.32 Å². The van der Waals surface area contributed by atoms with E-state index in [-0.39, 0.29) is 19.0 Å². The van der Waals surface area contributed by atoms with Crippen molar-refractivity contribution in [1.82, 2.24) is 10.2 Å². The molecule has 0 unspecified atom stereocenters. The van der Waals surface area contributed by atoms with Crippen LogP contribution in [0.15, 0.2) is 54.6 Å². The number of hydrogen-bond donors (Lipinski definition) is 1. The Morgan fingerprint density at radius 2 is 1.73 bits per heavy atom. The fourth-order valence-corrected chi connectivity index (χ4v) is 4.15. The minimum absolute atomic E-state index is 0.207. The van der Waals surface area contributed by atoms with Crippen molar-refractivity contribution in [2.45, 2.75) is 32.9 Å². The first-order valence-electron chi connectivity index (χ1n) is 9.76. The van der Waals surface area contributed by atoms with Crippen molar-refractivity contribution in [3.05, 3.63) is 65.7 Å². The number of para-hydroxylation sites is 1. The van der Waals surface area contributed by atoms with Crippen LogP contribution in [0.3, 0.4) is 0 Å². The van der Waals surface area contributed by atoms with Crippen molar-refractivity contribution in [3.63, 3.8) is 0 Å². The maximum absolute atomic E-state index is 13.3. The second kappa shape index (κ2) is 10.2. The van der Waals surface area contributed by atoms with E-state index in [1.165, 1.54) is 11.9 Å². The van der Waals surface area contributed by atoms with Crippen molar-refractivity contribution >= 4 is 27.5 Å². The summed E-state index contributed by atoms with van der Waals surface area (Å²) >= 11 is 0. The van der Waals surface area contributed by atoms with Gasteiger partial charge in [-0.2, -0.15) is 0 Å². The van der Waals surface area contributed by atoms with Crippen LogP contribution >= 0.6 is 0 Å². The summed E-state index contributed by atoms with van der Waals surface area (Å²) in [5.41, 5.74) is 2.31. The minimum Gasteiger partial charge on any atom is -0.357 e. The molecule has 0 bridgehead atoms. The van der Waals surface area contributed by atoms with Crippen LogP contribution < -0.4 is 9.62 Å². The topological polar surface area (TPSA) is 86.8 Å². The van der Waals surface area contributed by atoms with E-state index in [4.69, 9.17) is 0 Å². The first-order valence-corrected chi connectivity index (χ1v) is 11.6. The molecule has 0 aliphatic rings. The monoisotopic (exact) mass is 431 g/mol. The van der Waals surface area contributed by atoms with Gasteiger partial charge in [0.1, 0.15) is 12.6 Å². The molecule has 0 saturated carbocycles. The summed E-state index contributed by atoms with van der Waals surface area (Å²) in [7, 11) is -2.18. The van der Waals surface area contributed by atoms with Gasteiger partial charge in [0.2, 0.25) is 21.8 Å². The van der Waals surface area contributed by atoms with Gasteiger partial charge in [0.15, 0.2) is 0 Å². The summed E-state index contributed by atoms with van der Waals surface area (Å²) in [6.45, 7) is 3.59. The molecule has 0 saturated heterocycles. The fourth-order valence-electron chi connectivity index (χ4n) is 3.30. The summed E-state index contributed by atoms with van der Waals surface area (Å²) < 4.78 is 25.9. The Hall–Kier alpha value is -2.87. The normalized spacial score (nSPS) is 12.1. The highest BCUT2D eigenvalue weighted by Crippen LogP contribution is 2.19. The van der Waals surface area contributed by atoms with Gasteiger partial charge in [-0.15, -0.1) is 0 Å². The van der Waals surface area contributed by atoms with E-state index in [1.807, 2.05) is 38.1 Å². The van der Waals surface area contributed by atoms with Crippen LogP contribution in [0.5, 0.6) is 0 Å². The molecule has 30 heavy (non-hydrogen) atoms. The van der Waals surface area contributed by atoms with Crippen molar-refractivity contribution in [3.8, 4) is 0 Å². The molecule has 2 aromatic carbocycles. The van der Waals surface area contributed by atoms with E-state index in [1.54, 1.807) is 30.3 Å². The number of nitrogens with one attached hydrogen (secondary N) is 1. The van der Waals surface area contributed by atoms with Gasteiger partial charge in [0.05, 0.1) is 11.9 Å². The van der Waals surface area contributed by atoms with E-state index in [0.717, 1.165) is 21.7 Å². The number of hydrogen-bond acceptors (Lipinski definition) is 4. The average molecular weight is 432 g/mol. The molecule has 0 aliphatic carbocycles. The van der Waals surface area contributed by atoms with Crippen molar-refractivity contribution in [2.24, 2.45) is 0 Å². The third kappa shape index (κ3) is 6.06. The summed E-state index contributed by atoms with van der Waals surface area (Å²) in [4.78, 5) is 27.2. The van der Waals surface area contributed by atoms with Gasteiger partial charge >= 0.3 is 0 Å². The Morgan fingerprint density at radius 3 is 2.27 bits per heavy atom. The lowest BCUT2D eigenvalue weighted by Gasteiger charge is -2.32. The van der Waals surface area contributed by atoms with E-state index in [9.17, 15) is 18.0 Å². The SMILES string of the molecule is CC[C@H](C(=O)NC)N(Cc1cccc(C)c1)C(=O)CN(c1ccccc1)S(C)(=O)=O. The van der Waals surface area contributed by atoms with E-state index in [0.29, 0.717) is 12.1 Å². The molecule has 0 aromatic heterocycles. The largest absolute Gasteiger partial charge is 0.357 e. The fraction of sp³-hybridized carbons (Fsp3) is 0.364. The number of rotatable bonds is 9. The van der Waals surface area contributed by atoms with E-state index < -0.39 is 22.0 Å². The molecule has 2 aromatic rings. The molecule has 1 N–H and O–H groups in total. The number of nitrogens with zero attached hydrogens (tertiary/aromatic N) is 2. The third-order valence-corrected chi connectivity index (χ3v) is 5.93. The first-order chi connectivity index (χ1) is 14.2. The van der Waals surface area contributed by atoms with E-state index >= 15 is 0 Å². The number of likely N-dealkylation sites (N-methyl/N-ethyl adjacent to an activating group) is 1. The number of benzene rings is 2. The molecular weight excluding hydrogens is 402 g/mol. The number of sulfonamides is 1. The van der Waals surface area contributed by atoms with Crippen LogP contribution in [-0.2, 0) is 26.2 Å². The molecule has 0 radical (unpaired) electrons. The lowest BCUT2D eigenvalue weighted by atomic mass is 10.1. The molecule has 0 heterocycles. The maximum atomic E-state index is 13.3. The van der Waals surface area contributed by atoms with Gasteiger partial charge in [0.25, 0.3) is 0 Å². The summed E-state index contributed by atoms with van der Waals surface area (Å²) in [6, 6.07) is 15.4. The quantitative estimate of drug-likeness (QED) is 0.660. The molecule has 1 atom stereocenters. The first kappa shape index (κ1) is 23.4. The average Bonchev–Trinajstić information content (AvgIpc) is 2.71. The summed E-state index contributed by atoms with van der Waals surface area (Å²) in [5.74, 6) is -0.731. The molecule has 7 nitrogen and oxygen atoms in total. The van der Waals surface area contributed by atoms with Crippen molar-refractivity contribution < 1.29 is 18.0 Å². The number of aryl methyl sites for hydroxylation is 1. The zero-order valence-corrected chi connectivity index (χ0v) is 18.6. The maximum Gasteiger partial charge on any atom is 0.244 e. The minimum atomic E-state index is -3.70. The lowest BCUT2D eigenvalue weighted by molar-refractivity contribution is -0.140. The van der Waals surface area contributed by atoms with Crippen LogP contribution in [-0.4, -0.2) is 51.0 Å². The lowest BCUT2D eigenvalue weighted by Crippen LogP contribution is -2.51. The zero-order chi connectivity index (χ0) is 22.3. The predicted molar refractivity (Wildman–Crippen MR) is 119 cm³/mol. The zero-order valence-electron chi connectivity index (χ0n) is 17.8. The van der Waals surface area contributed by atoms with Crippen LogP contribution in [0.2, 0.25) is 0 Å². The Kier molecular flexibility index (Phi) is 8.00. The number of anilines is 1. The van der Waals surface area contributed by atoms with Gasteiger partial charge in [-0.1, -0.05) is 55.0 Å². The molecular formula is C22H29N3O4S. The molecule has 0 spiro atoms. The van der Waals surface area contributed by atoms with Crippen LogP contribution in [0, 0.1) is 6.92 Å². The highest BCUT2D eigenvalue weighted by atomic mass is 32.2.